The Morgan fingerprint density at radius 1 is 1.85 bits per heavy atom. The van der Waals surface area contributed by atoms with Gasteiger partial charge >= 0.3 is 0 Å². The molecule has 4 nitrogen and oxygen atoms in total. The maximum Gasteiger partial charge on any atom is 0.284 e. The van der Waals surface area contributed by atoms with Crippen LogP contribution in [-0.2, 0) is 9.53 Å². The van der Waals surface area contributed by atoms with Gasteiger partial charge in [-0.1, -0.05) is 13.3 Å². The third kappa shape index (κ3) is 2.73. The molecule has 1 atom stereocenters. The topological polar surface area (TPSA) is 58.6 Å². The number of amides is 1. The number of hydrogen-bond donors (Lipinski definition) is 2. The number of allylic oxidation sites excluding steroid dienone is 1. The monoisotopic (exact) mass is 185 g/mol. The van der Waals surface area contributed by atoms with Gasteiger partial charge in [-0.3, -0.25) is 10.0 Å². The second-order valence-corrected chi connectivity index (χ2v) is 3.09. The smallest absolute Gasteiger partial charge is 0.284 e. The van der Waals surface area contributed by atoms with E-state index >= 15 is 0 Å². The van der Waals surface area contributed by atoms with Crippen LogP contribution in [0.1, 0.15) is 32.6 Å². The summed E-state index contributed by atoms with van der Waals surface area (Å²) >= 11 is 0. The Bertz CT molecular complexity index is 213. The van der Waals surface area contributed by atoms with E-state index in [0.29, 0.717) is 6.42 Å². The molecular formula is C9H15NO3. The minimum atomic E-state index is -0.531. The van der Waals surface area contributed by atoms with Gasteiger partial charge in [0.15, 0.2) is 6.10 Å². The number of carbonyl (C=O) groups excluding carboxylic acids is 1. The highest BCUT2D eigenvalue weighted by Gasteiger charge is 2.24. The Balaban J connectivity index is 2.29. The summed E-state index contributed by atoms with van der Waals surface area (Å²) in [5.41, 5.74) is 1.59. The molecule has 0 spiro atoms. The Kier molecular flexibility index (Phi) is 3.76. The van der Waals surface area contributed by atoms with Crippen molar-refractivity contribution < 1.29 is 14.7 Å². The van der Waals surface area contributed by atoms with Gasteiger partial charge in [-0.05, 0) is 12.5 Å². The number of nitrogens with one attached hydrogen (secondary N) is 1. The molecule has 0 saturated carbocycles. The van der Waals surface area contributed by atoms with E-state index < -0.39 is 12.0 Å². The molecule has 0 fully saturated rings. The number of carbonyl (C=O) groups is 1. The molecule has 1 rings (SSSR count). The molecule has 74 valence electrons. The summed E-state index contributed by atoms with van der Waals surface area (Å²) < 4.78 is 5.31. The average Bonchev–Trinajstić information content (AvgIpc) is 2.62. The Hall–Kier alpha value is -1.03. The molecule has 0 saturated heterocycles. The van der Waals surface area contributed by atoms with Gasteiger partial charge in [-0.2, -0.15) is 0 Å². The predicted molar refractivity (Wildman–Crippen MR) is 47.0 cm³/mol. The lowest BCUT2D eigenvalue weighted by Crippen LogP contribution is -2.31. The molecular weight excluding hydrogens is 170 g/mol. The van der Waals surface area contributed by atoms with E-state index in [1.165, 1.54) is 0 Å². The van der Waals surface area contributed by atoms with Crippen LogP contribution in [0, 0.1) is 0 Å². The highest BCUT2D eigenvalue weighted by molar-refractivity contribution is 5.80. The summed E-state index contributed by atoms with van der Waals surface area (Å²) in [6, 6.07) is 0. The molecule has 4 heteroatoms. The standard InChI is InChI=1S/C9H15NO3/c1-2-3-4-7-5-6-8(13-7)9(11)10-12/h5,8,12H,2-4,6H2,1H3,(H,10,11). The first-order valence-electron chi connectivity index (χ1n) is 4.57. The van der Waals surface area contributed by atoms with Gasteiger partial charge in [-0.15, -0.1) is 0 Å². The van der Waals surface area contributed by atoms with Crippen molar-refractivity contribution in [3.8, 4) is 0 Å². The molecule has 0 aromatic heterocycles. The Morgan fingerprint density at radius 2 is 2.62 bits per heavy atom. The molecule has 1 aliphatic rings. The Morgan fingerprint density at radius 3 is 3.23 bits per heavy atom. The van der Waals surface area contributed by atoms with Gasteiger partial charge < -0.3 is 4.74 Å². The summed E-state index contributed by atoms with van der Waals surface area (Å²) in [4.78, 5) is 10.9. The van der Waals surface area contributed by atoms with Gasteiger partial charge in [0.25, 0.3) is 5.91 Å². The summed E-state index contributed by atoms with van der Waals surface area (Å²) in [5, 5.41) is 8.35. The van der Waals surface area contributed by atoms with E-state index in [0.717, 1.165) is 25.0 Å². The number of hydroxylamine groups is 1. The van der Waals surface area contributed by atoms with Crippen LogP contribution >= 0.6 is 0 Å². The molecule has 0 aromatic carbocycles. The summed E-state index contributed by atoms with van der Waals surface area (Å²) in [7, 11) is 0. The fourth-order valence-corrected chi connectivity index (χ4v) is 1.26. The van der Waals surface area contributed by atoms with Crippen molar-refractivity contribution in [1.82, 2.24) is 5.48 Å². The van der Waals surface area contributed by atoms with E-state index in [4.69, 9.17) is 9.94 Å². The first-order valence-corrected chi connectivity index (χ1v) is 4.57. The van der Waals surface area contributed by atoms with Gasteiger partial charge in [0, 0.05) is 12.8 Å². The van der Waals surface area contributed by atoms with Gasteiger partial charge in [0.2, 0.25) is 0 Å². The van der Waals surface area contributed by atoms with Crippen LogP contribution in [0.2, 0.25) is 0 Å². The third-order valence-electron chi connectivity index (χ3n) is 2.03. The van der Waals surface area contributed by atoms with Crippen molar-refractivity contribution in [2.24, 2.45) is 0 Å². The summed E-state index contributed by atoms with van der Waals surface area (Å²) in [6.07, 6.45) is 5.00. The number of rotatable bonds is 4. The van der Waals surface area contributed by atoms with E-state index in [2.05, 4.69) is 6.92 Å². The van der Waals surface area contributed by atoms with Crippen LogP contribution in [0.25, 0.3) is 0 Å². The van der Waals surface area contributed by atoms with Crippen LogP contribution in [0.4, 0.5) is 0 Å². The van der Waals surface area contributed by atoms with Crippen LogP contribution < -0.4 is 5.48 Å². The van der Waals surface area contributed by atoms with Crippen LogP contribution in [-0.4, -0.2) is 17.2 Å². The molecule has 1 unspecified atom stereocenters. The first-order chi connectivity index (χ1) is 6.27. The molecule has 1 heterocycles. The minimum absolute atomic E-state index is 0.470. The lowest BCUT2D eigenvalue weighted by atomic mass is 10.2. The largest absolute Gasteiger partial charge is 0.485 e. The van der Waals surface area contributed by atoms with Crippen LogP contribution in [0.15, 0.2) is 11.8 Å². The lowest BCUT2D eigenvalue weighted by molar-refractivity contribution is -0.137. The van der Waals surface area contributed by atoms with E-state index in [9.17, 15) is 4.79 Å². The normalized spacial score (nSPS) is 20.8. The molecule has 2 N–H and O–H groups in total. The second kappa shape index (κ2) is 4.87. The van der Waals surface area contributed by atoms with Crippen molar-refractivity contribution in [1.29, 1.82) is 0 Å². The fourth-order valence-electron chi connectivity index (χ4n) is 1.26. The van der Waals surface area contributed by atoms with Crippen molar-refractivity contribution in [3.05, 3.63) is 11.8 Å². The number of ether oxygens (including phenoxy) is 1. The zero-order chi connectivity index (χ0) is 9.68. The molecule has 0 aromatic rings. The second-order valence-electron chi connectivity index (χ2n) is 3.09. The minimum Gasteiger partial charge on any atom is -0.485 e. The van der Waals surface area contributed by atoms with Crippen molar-refractivity contribution in [3.63, 3.8) is 0 Å². The highest BCUT2D eigenvalue weighted by atomic mass is 16.5. The lowest BCUT2D eigenvalue weighted by Gasteiger charge is -2.10. The molecule has 13 heavy (non-hydrogen) atoms. The van der Waals surface area contributed by atoms with E-state index in [-0.39, 0.29) is 0 Å². The van der Waals surface area contributed by atoms with E-state index in [1.54, 1.807) is 5.48 Å². The van der Waals surface area contributed by atoms with Crippen molar-refractivity contribution in [2.75, 3.05) is 0 Å². The van der Waals surface area contributed by atoms with Crippen LogP contribution in [0.3, 0.4) is 0 Å². The first kappa shape index (κ1) is 10.1. The van der Waals surface area contributed by atoms with Gasteiger partial charge in [0.1, 0.15) is 0 Å². The summed E-state index contributed by atoms with van der Waals surface area (Å²) in [6.45, 7) is 2.10. The maximum atomic E-state index is 10.9. The average molecular weight is 185 g/mol. The molecule has 1 aliphatic heterocycles. The molecule has 0 radical (unpaired) electrons. The quantitative estimate of drug-likeness (QED) is 0.513. The molecule has 0 bridgehead atoms. The van der Waals surface area contributed by atoms with Crippen LogP contribution in [0.5, 0.6) is 0 Å². The zero-order valence-corrected chi connectivity index (χ0v) is 7.75. The fraction of sp³-hybridized carbons (Fsp3) is 0.667. The summed E-state index contributed by atoms with van der Waals surface area (Å²) in [5.74, 6) is 0.401. The number of unbranched alkanes of at least 4 members (excludes halogenated alkanes) is 1. The van der Waals surface area contributed by atoms with Gasteiger partial charge in [0.05, 0.1) is 5.76 Å². The van der Waals surface area contributed by atoms with Crippen molar-refractivity contribution in [2.45, 2.75) is 38.7 Å². The van der Waals surface area contributed by atoms with E-state index in [1.807, 2.05) is 6.08 Å². The zero-order valence-electron chi connectivity index (χ0n) is 7.75. The maximum absolute atomic E-state index is 10.9. The Labute approximate surface area is 77.5 Å². The third-order valence-corrected chi connectivity index (χ3v) is 2.03. The highest BCUT2D eigenvalue weighted by Crippen LogP contribution is 2.21. The molecule has 0 aliphatic carbocycles. The predicted octanol–water partition coefficient (Wildman–Crippen LogP) is 1.35. The van der Waals surface area contributed by atoms with Crippen molar-refractivity contribution >= 4 is 5.91 Å². The number of hydrogen-bond acceptors (Lipinski definition) is 3. The molecule has 1 amide bonds. The van der Waals surface area contributed by atoms with Gasteiger partial charge in [-0.25, -0.2) is 5.48 Å². The SMILES string of the molecule is CCCCC1=CCC(C(=O)NO)O1.